The van der Waals surface area contributed by atoms with Crippen molar-refractivity contribution in [2.24, 2.45) is 0 Å². The summed E-state index contributed by atoms with van der Waals surface area (Å²) in [5.74, 6) is 0.491. The largest absolute Gasteiger partial charge is 0.299 e. The zero-order valence-electron chi connectivity index (χ0n) is 10.8. The number of hydrogen-bond acceptors (Lipinski definition) is 3. The van der Waals surface area contributed by atoms with Crippen molar-refractivity contribution in [1.29, 1.82) is 5.26 Å². The molecule has 0 N–H and O–H groups in total. The van der Waals surface area contributed by atoms with E-state index in [0.717, 1.165) is 19.6 Å². The molecular weight excluding hydrogens is 212 g/mol. The second kappa shape index (κ2) is 4.50. The van der Waals surface area contributed by atoms with Gasteiger partial charge in [0.2, 0.25) is 0 Å². The third-order valence-electron chi connectivity index (χ3n) is 3.65. The number of hydrogen-bond donors (Lipinski definition) is 0. The van der Waals surface area contributed by atoms with Crippen molar-refractivity contribution in [3.05, 3.63) is 18.0 Å². The van der Waals surface area contributed by atoms with Gasteiger partial charge in [0.05, 0.1) is 18.7 Å². The van der Waals surface area contributed by atoms with Gasteiger partial charge in [-0.15, -0.1) is 0 Å². The normalized spacial score (nSPS) is 19.0. The number of likely N-dealkylation sites (N-methyl/N-ethyl adjacent to an activating group) is 1. The predicted molar refractivity (Wildman–Crippen MR) is 66.6 cm³/mol. The summed E-state index contributed by atoms with van der Waals surface area (Å²) < 4.78 is 2.01. The quantitative estimate of drug-likeness (QED) is 0.797. The molecular formula is C13H20N4. The molecule has 4 nitrogen and oxygen atoms in total. The minimum Gasteiger partial charge on any atom is -0.299 e. The van der Waals surface area contributed by atoms with Crippen molar-refractivity contribution in [2.75, 3.05) is 19.6 Å². The van der Waals surface area contributed by atoms with E-state index in [1.807, 2.05) is 10.9 Å². The van der Waals surface area contributed by atoms with Crippen molar-refractivity contribution in [3.8, 4) is 6.07 Å². The van der Waals surface area contributed by atoms with Gasteiger partial charge < -0.3 is 0 Å². The van der Waals surface area contributed by atoms with Gasteiger partial charge in [-0.2, -0.15) is 10.4 Å². The van der Waals surface area contributed by atoms with Crippen LogP contribution in [0.1, 0.15) is 38.7 Å². The average molecular weight is 232 g/mol. The fourth-order valence-electron chi connectivity index (χ4n) is 2.39. The van der Waals surface area contributed by atoms with Crippen LogP contribution in [0.5, 0.6) is 0 Å². The maximum Gasteiger partial charge on any atom is 0.101 e. The third kappa shape index (κ3) is 2.07. The molecule has 92 valence electrons. The Hall–Kier alpha value is -1.34. The van der Waals surface area contributed by atoms with E-state index in [9.17, 15) is 0 Å². The molecule has 1 fully saturated rings. The fourth-order valence-corrected chi connectivity index (χ4v) is 2.39. The summed E-state index contributed by atoms with van der Waals surface area (Å²) in [6, 6.07) is 2.30. The van der Waals surface area contributed by atoms with E-state index < -0.39 is 0 Å². The summed E-state index contributed by atoms with van der Waals surface area (Å²) in [6.07, 6.45) is 4.58. The Bertz CT molecular complexity index is 421. The Kier molecular flexibility index (Phi) is 3.21. The predicted octanol–water partition coefficient (Wildman–Crippen LogP) is 1.95. The maximum atomic E-state index is 8.99. The molecule has 1 aromatic rings. The molecule has 0 atom stereocenters. The van der Waals surface area contributed by atoms with Gasteiger partial charge in [0.25, 0.3) is 0 Å². The molecule has 0 unspecified atom stereocenters. The van der Waals surface area contributed by atoms with E-state index in [1.54, 1.807) is 0 Å². The molecule has 2 heterocycles. The molecule has 1 aliphatic heterocycles. The van der Waals surface area contributed by atoms with Crippen LogP contribution in [0.2, 0.25) is 0 Å². The SMILES string of the molecule is CCN1CC(CC#N)(n2cc(C(C)C)cn2)C1. The average Bonchev–Trinajstić information content (AvgIpc) is 2.72. The van der Waals surface area contributed by atoms with Crippen LogP contribution in [0.25, 0.3) is 0 Å². The molecule has 0 aromatic carbocycles. The lowest BCUT2D eigenvalue weighted by atomic mass is 9.87. The van der Waals surface area contributed by atoms with E-state index >= 15 is 0 Å². The van der Waals surface area contributed by atoms with Crippen LogP contribution >= 0.6 is 0 Å². The van der Waals surface area contributed by atoms with Gasteiger partial charge in [-0.3, -0.25) is 9.58 Å². The highest BCUT2D eigenvalue weighted by Gasteiger charge is 2.44. The first-order valence-electron chi connectivity index (χ1n) is 6.25. The standard InChI is InChI=1S/C13H20N4/c1-4-16-9-13(10-16,5-6-14)17-8-12(7-15-17)11(2)3/h7-8,11H,4-5,9-10H2,1-3H3. The van der Waals surface area contributed by atoms with Crippen LogP contribution in [0.3, 0.4) is 0 Å². The minimum atomic E-state index is -0.0854. The molecule has 0 saturated carbocycles. The van der Waals surface area contributed by atoms with Crippen LogP contribution < -0.4 is 0 Å². The van der Waals surface area contributed by atoms with E-state index in [1.165, 1.54) is 5.56 Å². The Morgan fingerprint density at radius 3 is 2.71 bits per heavy atom. The Morgan fingerprint density at radius 1 is 1.53 bits per heavy atom. The van der Waals surface area contributed by atoms with Gasteiger partial charge in [0.1, 0.15) is 5.54 Å². The van der Waals surface area contributed by atoms with Gasteiger partial charge in [-0.1, -0.05) is 20.8 Å². The number of aromatic nitrogens is 2. The van der Waals surface area contributed by atoms with E-state index in [2.05, 4.69) is 43.0 Å². The Balaban J connectivity index is 2.20. The molecule has 17 heavy (non-hydrogen) atoms. The van der Waals surface area contributed by atoms with Crippen molar-refractivity contribution < 1.29 is 0 Å². The maximum absolute atomic E-state index is 8.99. The lowest BCUT2D eigenvalue weighted by molar-refractivity contribution is 0.00942. The summed E-state index contributed by atoms with van der Waals surface area (Å²) in [6.45, 7) is 9.41. The zero-order valence-corrected chi connectivity index (χ0v) is 10.8. The van der Waals surface area contributed by atoms with Gasteiger partial charge in [-0.05, 0) is 18.0 Å². The van der Waals surface area contributed by atoms with Gasteiger partial charge in [0, 0.05) is 19.3 Å². The Labute approximate surface area is 103 Å². The molecule has 1 aromatic heterocycles. The third-order valence-corrected chi connectivity index (χ3v) is 3.65. The highest BCUT2D eigenvalue weighted by Crippen LogP contribution is 2.32. The van der Waals surface area contributed by atoms with Crippen LogP contribution in [0.4, 0.5) is 0 Å². The molecule has 2 rings (SSSR count). The molecule has 1 saturated heterocycles. The summed E-state index contributed by atoms with van der Waals surface area (Å²) in [4.78, 5) is 2.34. The van der Waals surface area contributed by atoms with Crippen molar-refractivity contribution >= 4 is 0 Å². The summed E-state index contributed by atoms with van der Waals surface area (Å²) >= 11 is 0. The summed E-state index contributed by atoms with van der Waals surface area (Å²) in [5, 5.41) is 13.5. The molecule has 0 spiro atoms. The second-order valence-corrected chi connectivity index (χ2v) is 5.24. The number of likely N-dealkylation sites (tertiary alicyclic amines) is 1. The van der Waals surface area contributed by atoms with Crippen LogP contribution in [0, 0.1) is 11.3 Å². The lowest BCUT2D eigenvalue weighted by Crippen LogP contribution is -2.62. The fraction of sp³-hybridized carbons (Fsp3) is 0.692. The monoisotopic (exact) mass is 232 g/mol. The zero-order chi connectivity index (χ0) is 12.5. The highest BCUT2D eigenvalue weighted by molar-refractivity contribution is 5.14. The molecule has 1 aliphatic rings. The minimum absolute atomic E-state index is 0.0854. The number of rotatable bonds is 4. The van der Waals surface area contributed by atoms with Crippen LogP contribution in [0.15, 0.2) is 12.4 Å². The van der Waals surface area contributed by atoms with Gasteiger partial charge >= 0.3 is 0 Å². The van der Waals surface area contributed by atoms with Crippen LogP contribution in [-0.4, -0.2) is 34.3 Å². The Morgan fingerprint density at radius 2 is 2.24 bits per heavy atom. The smallest absolute Gasteiger partial charge is 0.101 e. The first kappa shape index (κ1) is 12.1. The first-order chi connectivity index (χ1) is 8.11. The second-order valence-electron chi connectivity index (χ2n) is 5.24. The molecule has 0 radical (unpaired) electrons. The molecule has 4 heteroatoms. The van der Waals surface area contributed by atoms with Crippen LogP contribution in [-0.2, 0) is 5.54 Å². The summed E-state index contributed by atoms with van der Waals surface area (Å²) in [5.41, 5.74) is 1.16. The number of nitrogens with zero attached hydrogens (tertiary/aromatic N) is 4. The molecule has 0 amide bonds. The van der Waals surface area contributed by atoms with Crippen molar-refractivity contribution in [3.63, 3.8) is 0 Å². The van der Waals surface area contributed by atoms with Gasteiger partial charge in [0.15, 0.2) is 0 Å². The first-order valence-corrected chi connectivity index (χ1v) is 6.25. The van der Waals surface area contributed by atoms with E-state index in [-0.39, 0.29) is 5.54 Å². The summed E-state index contributed by atoms with van der Waals surface area (Å²) in [7, 11) is 0. The van der Waals surface area contributed by atoms with E-state index in [4.69, 9.17) is 5.26 Å². The van der Waals surface area contributed by atoms with E-state index in [0.29, 0.717) is 12.3 Å². The van der Waals surface area contributed by atoms with Gasteiger partial charge in [-0.25, -0.2) is 0 Å². The topological polar surface area (TPSA) is 44.9 Å². The lowest BCUT2D eigenvalue weighted by Gasteiger charge is -2.48. The number of nitriles is 1. The molecule has 0 bridgehead atoms. The highest BCUT2D eigenvalue weighted by atomic mass is 15.4. The van der Waals surface area contributed by atoms with Crippen molar-refractivity contribution in [1.82, 2.24) is 14.7 Å². The molecule has 0 aliphatic carbocycles. The van der Waals surface area contributed by atoms with Crippen molar-refractivity contribution in [2.45, 2.75) is 38.6 Å².